The van der Waals surface area contributed by atoms with Crippen LogP contribution >= 0.6 is 0 Å². The van der Waals surface area contributed by atoms with Gasteiger partial charge in [0.25, 0.3) is 5.88 Å². The number of ketones is 1. The highest BCUT2D eigenvalue weighted by Gasteiger charge is 2.12. The summed E-state index contributed by atoms with van der Waals surface area (Å²) in [4.78, 5) is 16.1. The van der Waals surface area contributed by atoms with E-state index in [2.05, 4.69) is 4.98 Å². The summed E-state index contributed by atoms with van der Waals surface area (Å²) in [5.74, 6) is 1.17. The lowest BCUT2D eigenvalue weighted by molar-refractivity contribution is -0.121. The zero-order chi connectivity index (χ0) is 15.0. The van der Waals surface area contributed by atoms with Gasteiger partial charge in [0, 0.05) is 32.5 Å². The Labute approximate surface area is 120 Å². The molecular weight excluding hydrogens is 258 g/mol. The predicted molar refractivity (Wildman–Crippen MR) is 76.3 cm³/mol. The van der Waals surface area contributed by atoms with E-state index in [9.17, 15) is 4.79 Å². The van der Waals surface area contributed by atoms with Crippen LogP contribution in [-0.2, 0) is 16.0 Å². The average Bonchev–Trinajstić information content (AvgIpc) is 2.43. The van der Waals surface area contributed by atoms with Gasteiger partial charge in [0.2, 0.25) is 0 Å². The van der Waals surface area contributed by atoms with Gasteiger partial charge in [-0.1, -0.05) is 13.8 Å². The van der Waals surface area contributed by atoms with Gasteiger partial charge in [-0.3, -0.25) is 4.79 Å². The number of carbonyl (C=O) groups is 1. The second-order valence-corrected chi connectivity index (χ2v) is 4.80. The minimum absolute atomic E-state index is 0.00460. The average molecular weight is 281 g/mol. The van der Waals surface area contributed by atoms with Crippen LogP contribution < -0.4 is 9.47 Å². The second-order valence-electron chi connectivity index (χ2n) is 4.80. The van der Waals surface area contributed by atoms with Crippen molar-refractivity contribution >= 4 is 5.78 Å². The van der Waals surface area contributed by atoms with E-state index in [4.69, 9.17) is 14.2 Å². The molecule has 0 aliphatic heterocycles. The molecule has 0 saturated heterocycles. The summed E-state index contributed by atoms with van der Waals surface area (Å²) in [6, 6.07) is 3.57. The topological polar surface area (TPSA) is 57.7 Å². The molecular formula is C15H23NO4. The first-order chi connectivity index (χ1) is 9.58. The molecule has 1 heterocycles. The van der Waals surface area contributed by atoms with E-state index >= 15 is 0 Å². The van der Waals surface area contributed by atoms with Crippen LogP contribution in [0.5, 0.6) is 11.6 Å². The molecule has 0 aliphatic rings. The van der Waals surface area contributed by atoms with Crippen molar-refractivity contribution in [1.82, 2.24) is 4.98 Å². The summed E-state index contributed by atoms with van der Waals surface area (Å²) < 4.78 is 15.8. The van der Waals surface area contributed by atoms with Crippen molar-refractivity contribution in [3.8, 4) is 11.6 Å². The van der Waals surface area contributed by atoms with Crippen molar-refractivity contribution in [3.63, 3.8) is 0 Å². The maximum absolute atomic E-state index is 11.7. The maximum Gasteiger partial charge on any atom is 0.257 e. The molecule has 0 aromatic carbocycles. The van der Waals surface area contributed by atoms with Crippen LogP contribution in [0, 0.1) is 5.92 Å². The predicted octanol–water partition coefficient (Wildman–Crippen LogP) is 2.27. The fourth-order valence-corrected chi connectivity index (χ4v) is 1.58. The van der Waals surface area contributed by atoms with E-state index in [-0.39, 0.29) is 11.7 Å². The fraction of sp³-hybridized carbons (Fsp3) is 0.600. The highest BCUT2D eigenvalue weighted by atomic mass is 16.5. The molecule has 0 spiro atoms. The number of nitrogens with zero attached hydrogens (tertiary/aromatic N) is 1. The molecule has 112 valence electrons. The molecule has 0 radical (unpaired) electrons. The lowest BCUT2D eigenvalue weighted by Crippen LogP contribution is -2.12. The molecule has 1 aromatic rings. The van der Waals surface area contributed by atoms with Crippen molar-refractivity contribution in [2.45, 2.75) is 26.7 Å². The summed E-state index contributed by atoms with van der Waals surface area (Å²) in [6.07, 6.45) is 1.09. The zero-order valence-corrected chi connectivity index (χ0v) is 12.6. The van der Waals surface area contributed by atoms with Gasteiger partial charge < -0.3 is 14.2 Å². The van der Waals surface area contributed by atoms with Crippen LogP contribution in [0.25, 0.3) is 0 Å². The Morgan fingerprint density at radius 3 is 2.60 bits per heavy atom. The highest BCUT2D eigenvalue weighted by Crippen LogP contribution is 2.25. The first-order valence-electron chi connectivity index (χ1n) is 6.76. The Kier molecular flexibility index (Phi) is 7.01. The number of rotatable bonds is 9. The molecule has 1 aromatic heterocycles. The molecule has 0 amide bonds. The second kappa shape index (κ2) is 8.53. The summed E-state index contributed by atoms with van der Waals surface area (Å²) in [5.41, 5.74) is 0.700. The Bertz CT molecular complexity index is 432. The molecule has 0 fully saturated rings. The van der Waals surface area contributed by atoms with E-state index in [1.807, 2.05) is 13.8 Å². The lowest BCUT2D eigenvalue weighted by Gasteiger charge is -2.11. The summed E-state index contributed by atoms with van der Waals surface area (Å²) in [6.45, 7) is 4.90. The number of Topliss-reactive ketones (excluding diaryl/α,β-unsaturated/α-hetero) is 1. The minimum atomic E-state index is 0.00460. The monoisotopic (exact) mass is 281 g/mol. The Morgan fingerprint density at radius 1 is 1.25 bits per heavy atom. The SMILES string of the molecule is COCCCOc1nc(CC(=O)C(C)C)ccc1OC. The van der Waals surface area contributed by atoms with Crippen LogP contribution in [0.4, 0.5) is 0 Å². The number of aromatic nitrogens is 1. The van der Waals surface area contributed by atoms with Crippen LogP contribution in [0.1, 0.15) is 26.0 Å². The zero-order valence-electron chi connectivity index (χ0n) is 12.6. The molecule has 0 bridgehead atoms. The molecule has 5 nitrogen and oxygen atoms in total. The van der Waals surface area contributed by atoms with Gasteiger partial charge >= 0.3 is 0 Å². The molecule has 0 saturated carbocycles. The molecule has 0 aliphatic carbocycles. The van der Waals surface area contributed by atoms with Crippen molar-refractivity contribution in [2.24, 2.45) is 5.92 Å². The van der Waals surface area contributed by atoms with Crippen LogP contribution in [0.3, 0.4) is 0 Å². The van der Waals surface area contributed by atoms with E-state index < -0.39 is 0 Å². The molecule has 0 N–H and O–H groups in total. The van der Waals surface area contributed by atoms with Gasteiger partial charge in [0.1, 0.15) is 5.78 Å². The molecule has 5 heteroatoms. The highest BCUT2D eigenvalue weighted by molar-refractivity contribution is 5.82. The number of hydrogen-bond acceptors (Lipinski definition) is 5. The number of hydrogen-bond donors (Lipinski definition) is 0. The first kappa shape index (κ1) is 16.4. The Balaban J connectivity index is 2.72. The van der Waals surface area contributed by atoms with Crippen molar-refractivity contribution in [3.05, 3.63) is 17.8 Å². The third-order valence-corrected chi connectivity index (χ3v) is 2.83. The Morgan fingerprint density at radius 2 is 2.00 bits per heavy atom. The quantitative estimate of drug-likeness (QED) is 0.650. The molecule has 20 heavy (non-hydrogen) atoms. The third kappa shape index (κ3) is 5.17. The number of ether oxygens (including phenoxy) is 3. The van der Waals surface area contributed by atoms with Gasteiger partial charge in [-0.05, 0) is 12.1 Å². The smallest absolute Gasteiger partial charge is 0.257 e. The normalized spacial score (nSPS) is 10.7. The first-order valence-corrected chi connectivity index (χ1v) is 6.76. The van der Waals surface area contributed by atoms with Gasteiger partial charge in [0.05, 0.1) is 19.4 Å². The van der Waals surface area contributed by atoms with Gasteiger partial charge in [0.15, 0.2) is 5.75 Å². The number of pyridine rings is 1. The summed E-state index contributed by atoms with van der Waals surface area (Å²) in [5, 5.41) is 0. The lowest BCUT2D eigenvalue weighted by atomic mass is 10.0. The minimum Gasteiger partial charge on any atom is -0.491 e. The van der Waals surface area contributed by atoms with Gasteiger partial charge in [-0.2, -0.15) is 0 Å². The van der Waals surface area contributed by atoms with Crippen LogP contribution in [-0.4, -0.2) is 38.2 Å². The van der Waals surface area contributed by atoms with Crippen LogP contribution in [0.2, 0.25) is 0 Å². The van der Waals surface area contributed by atoms with E-state index in [1.165, 1.54) is 0 Å². The van der Waals surface area contributed by atoms with E-state index in [0.717, 1.165) is 6.42 Å². The molecule has 1 rings (SSSR count). The summed E-state index contributed by atoms with van der Waals surface area (Å²) in [7, 11) is 3.22. The van der Waals surface area contributed by atoms with Gasteiger partial charge in [-0.15, -0.1) is 0 Å². The standard InChI is InChI=1S/C15H23NO4/c1-11(2)13(17)10-12-6-7-14(19-4)15(16-12)20-9-5-8-18-3/h6-7,11H,5,8-10H2,1-4H3. The molecule has 0 unspecified atom stereocenters. The Hall–Kier alpha value is -1.62. The molecule has 0 atom stereocenters. The van der Waals surface area contributed by atoms with Crippen molar-refractivity contribution in [2.75, 3.05) is 27.4 Å². The number of methoxy groups -OCH3 is 2. The van der Waals surface area contributed by atoms with Crippen LogP contribution in [0.15, 0.2) is 12.1 Å². The van der Waals surface area contributed by atoms with Crippen molar-refractivity contribution in [1.29, 1.82) is 0 Å². The largest absolute Gasteiger partial charge is 0.491 e. The maximum atomic E-state index is 11.7. The van der Waals surface area contributed by atoms with Crippen molar-refractivity contribution < 1.29 is 19.0 Å². The van der Waals surface area contributed by atoms with Gasteiger partial charge in [-0.25, -0.2) is 4.98 Å². The summed E-state index contributed by atoms with van der Waals surface area (Å²) >= 11 is 0. The third-order valence-electron chi connectivity index (χ3n) is 2.83. The number of carbonyl (C=O) groups excluding carboxylic acids is 1. The van der Waals surface area contributed by atoms with E-state index in [0.29, 0.717) is 37.0 Å². The fourth-order valence-electron chi connectivity index (χ4n) is 1.58. The van der Waals surface area contributed by atoms with E-state index in [1.54, 1.807) is 26.4 Å².